The number of piperazine rings is 1. The molecular formula is C24H23N5S. The Morgan fingerprint density at radius 2 is 1.50 bits per heavy atom. The molecule has 6 heteroatoms. The van der Waals surface area contributed by atoms with Crippen LogP contribution in [0.2, 0.25) is 0 Å². The summed E-state index contributed by atoms with van der Waals surface area (Å²) in [5, 5.41) is 2.08. The number of hydrogen-bond donors (Lipinski definition) is 1. The van der Waals surface area contributed by atoms with Gasteiger partial charge in [0.2, 0.25) is 0 Å². The lowest BCUT2D eigenvalue weighted by molar-refractivity contribution is 0.647. The molecule has 0 bridgehead atoms. The van der Waals surface area contributed by atoms with Crippen LogP contribution in [0.1, 0.15) is 0 Å². The molecule has 3 heterocycles. The van der Waals surface area contributed by atoms with E-state index in [9.17, 15) is 0 Å². The molecule has 0 aliphatic carbocycles. The number of benzene rings is 2. The predicted octanol–water partition coefficient (Wildman–Crippen LogP) is 4.78. The second-order valence-corrected chi connectivity index (χ2v) is 8.29. The Labute approximate surface area is 180 Å². The van der Waals surface area contributed by atoms with Crippen molar-refractivity contribution in [2.45, 2.75) is 0 Å². The lowest BCUT2D eigenvalue weighted by atomic mass is 10.2. The summed E-state index contributed by atoms with van der Waals surface area (Å²) in [6.45, 7) is 3.80. The van der Waals surface area contributed by atoms with Gasteiger partial charge in [0.15, 0.2) is 5.82 Å². The number of anilines is 3. The molecule has 2 aromatic heterocycles. The van der Waals surface area contributed by atoms with Crippen molar-refractivity contribution in [2.75, 3.05) is 41.7 Å². The molecule has 5 nitrogen and oxygen atoms in total. The zero-order chi connectivity index (χ0) is 20.3. The highest BCUT2D eigenvalue weighted by molar-refractivity contribution is 7.13. The van der Waals surface area contributed by atoms with Crippen LogP contribution in [0.3, 0.4) is 0 Å². The van der Waals surface area contributed by atoms with Gasteiger partial charge in [-0.25, -0.2) is 9.97 Å². The van der Waals surface area contributed by atoms with Gasteiger partial charge in [-0.15, -0.1) is 11.3 Å². The maximum Gasteiger partial charge on any atom is 0.162 e. The summed E-state index contributed by atoms with van der Waals surface area (Å²) in [7, 11) is 0. The Balaban J connectivity index is 1.45. The number of para-hydroxylation sites is 1. The van der Waals surface area contributed by atoms with Gasteiger partial charge in [-0.1, -0.05) is 24.3 Å². The number of nitrogens with zero attached hydrogens (tertiary/aromatic N) is 4. The van der Waals surface area contributed by atoms with Crippen LogP contribution in [0, 0.1) is 0 Å². The molecule has 1 aliphatic heterocycles. The van der Waals surface area contributed by atoms with Crippen molar-refractivity contribution in [2.24, 2.45) is 0 Å². The van der Waals surface area contributed by atoms with Crippen LogP contribution in [0.25, 0.3) is 22.0 Å². The quantitative estimate of drug-likeness (QED) is 0.488. The first-order valence-electron chi connectivity index (χ1n) is 10.1. The van der Waals surface area contributed by atoms with Gasteiger partial charge in [0.25, 0.3) is 0 Å². The molecular weight excluding hydrogens is 390 g/mol. The molecule has 30 heavy (non-hydrogen) atoms. The van der Waals surface area contributed by atoms with Gasteiger partial charge in [-0.3, -0.25) is 0 Å². The van der Waals surface area contributed by atoms with Gasteiger partial charge < -0.3 is 15.5 Å². The van der Waals surface area contributed by atoms with Gasteiger partial charge in [-0.05, 0) is 47.8 Å². The summed E-state index contributed by atoms with van der Waals surface area (Å²) in [6.07, 6.45) is 0. The van der Waals surface area contributed by atoms with Gasteiger partial charge in [0.05, 0.1) is 10.6 Å². The fraction of sp³-hybridized carbons (Fsp3) is 0.167. The largest absolute Gasteiger partial charge is 0.399 e. The minimum atomic E-state index is 0.737. The number of nitrogens with two attached hydrogens (primary N) is 1. The average Bonchev–Trinajstić information content (AvgIpc) is 3.35. The van der Waals surface area contributed by atoms with Crippen LogP contribution in [-0.4, -0.2) is 36.1 Å². The lowest BCUT2D eigenvalue weighted by Gasteiger charge is -2.37. The molecule has 0 saturated carbocycles. The Bertz CT molecular complexity index is 1100. The van der Waals surface area contributed by atoms with Crippen molar-refractivity contribution in [3.63, 3.8) is 0 Å². The fourth-order valence-corrected chi connectivity index (χ4v) is 4.43. The van der Waals surface area contributed by atoms with Crippen molar-refractivity contribution in [1.29, 1.82) is 0 Å². The first-order chi connectivity index (χ1) is 14.8. The van der Waals surface area contributed by atoms with Crippen LogP contribution in [0.4, 0.5) is 17.2 Å². The normalized spacial score (nSPS) is 14.1. The molecule has 0 atom stereocenters. The van der Waals surface area contributed by atoms with E-state index in [0.29, 0.717) is 0 Å². The fourth-order valence-electron chi connectivity index (χ4n) is 3.74. The summed E-state index contributed by atoms with van der Waals surface area (Å²) in [5.41, 5.74) is 9.83. The van der Waals surface area contributed by atoms with Crippen molar-refractivity contribution >= 4 is 28.5 Å². The van der Waals surface area contributed by atoms with Crippen LogP contribution >= 0.6 is 11.3 Å². The molecule has 1 aliphatic rings. The van der Waals surface area contributed by atoms with E-state index < -0.39 is 0 Å². The Morgan fingerprint density at radius 3 is 2.20 bits per heavy atom. The van der Waals surface area contributed by atoms with Gasteiger partial charge >= 0.3 is 0 Å². The molecule has 5 rings (SSSR count). The molecule has 0 amide bonds. The van der Waals surface area contributed by atoms with E-state index in [1.807, 2.05) is 24.3 Å². The van der Waals surface area contributed by atoms with Gasteiger partial charge in [0.1, 0.15) is 5.82 Å². The minimum Gasteiger partial charge on any atom is -0.399 e. The maximum absolute atomic E-state index is 5.87. The smallest absolute Gasteiger partial charge is 0.162 e. The first-order valence-corrected chi connectivity index (χ1v) is 11.0. The second-order valence-electron chi connectivity index (χ2n) is 7.34. The first kappa shape index (κ1) is 18.6. The van der Waals surface area contributed by atoms with Crippen molar-refractivity contribution in [1.82, 2.24) is 9.97 Å². The highest BCUT2D eigenvalue weighted by Crippen LogP contribution is 2.30. The van der Waals surface area contributed by atoms with Gasteiger partial charge in [-0.2, -0.15) is 0 Å². The molecule has 2 N–H and O–H groups in total. The number of hydrogen-bond acceptors (Lipinski definition) is 6. The average molecular weight is 414 g/mol. The van der Waals surface area contributed by atoms with Crippen LogP contribution in [0.15, 0.2) is 78.2 Å². The molecule has 150 valence electrons. The molecule has 0 spiro atoms. The number of aromatic nitrogens is 2. The summed E-state index contributed by atoms with van der Waals surface area (Å²) in [5.74, 6) is 1.72. The third kappa shape index (κ3) is 3.86. The predicted molar refractivity (Wildman–Crippen MR) is 126 cm³/mol. The summed E-state index contributed by atoms with van der Waals surface area (Å²) in [6, 6.07) is 24.7. The SMILES string of the molecule is Nc1ccc(-c2nc(-c3cccs3)cc(N3CCN(c4ccccc4)CC3)n2)cc1. The monoisotopic (exact) mass is 413 g/mol. The molecule has 0 unspecified atom stereocenters. The maximum atomic E-state index is 5.87. The van der Waals surface area contributed by atoms with Crippen molar-refractivity contribution in [3.8, 4) is 22.0 Å². The highest BCUT2D eigenvalue weighted by Gasteiger charge is 2.20. The zero-order valence-corrected chi connectivity index (χ0v) is 17.4. The second kappa shape index (κ2) is 8.16. The summed E-state index contributed by atoms with van der Waals surface area (Å²) in [4.78, 5) is 15.7. The van der Waals surface area contributed by atoms with E-state index in [1.165, 1.54) is 5.69 Å². The van der Waals surface area contributed by atoms with E-state index >= 15 is 0 Å². The van der Waals surface area contributed by atoms with E-state index in [1.54, 1.807) is 11.3 Å². The minimum absolute atomic E-state index is 0.737. The molecule has 0 radical (unpaired) electrons. The van der Waals surface area contributed by atoms with Gasteiger partial charge in [0, 0.05) is 49.2 Å². The van der Waals surface area contributed by atoms with Crippen LogP contribution < -0.4 is 15.5 Å². The Morgan fingerprint density at radius 1 is 0.767 bits per heavy atom. The lowest BCUT2D eigenvalue weighted by Crippen LogP contribution is -2.46. The highest BCUT2D eigenvalue weighted by atomic mass is 32.1. The Hall–Kier alpha value is -3.38. The number of rotatable bonds is 4. The zero-order valence-electron chi connectivity index (χ0n) is 16.6. The van der Waals surface area contributed by atoms with E-state index in [-0.39, 0.29) is 0 Å². The van der Waals surface area contributed by atoms with Crippen molar-refractivity contribution < 1.29 is 0 Å². The van der Waals surface area contributed by atoms with E-state index in [4.69, 9.17) is 15.7 Å². The molecule has 1 saturated heterocycles. The topological polar surface area (TPSA) is 58.3 Å². The van der Waals surface area contributed by atoms with Crippen molar-refractivity contribution in [3.05, 3.63) is 78.2 Å². The molecule has 2 aromatic carbocycles. The third-order valence-electron chi connectivity index (χ3n) is 5.38. The van der Waals surface area contributed by atoms with E-state index in [2.05, 4.69) is 63.7 Å². The standard InChI is InChI=1S/C24H23N5S/c25-19-10-8-18(9-11-19)24-26-21(22-7-4-16-30-22)17-23(27-24)29-14-12-28(13-15-29)20-5-2-1-3-6-20/h1-11,16-17H,12-15,25H2. The van der Waals surface area contributed by atoms with E-state index in [0.717, 1.165) is 59.6 Å². The Kier molecular flexibility index (Phi) is 5.07. The molecule has 1 fully saturated rings. The summed E-state index contributed by atoms with van der Waals surface area (Å²) >= 11 is 1.70. The van der Waals surface area contributed by atoms with Crippen LogP contribution in [0.5, 0.6) is 0 Å². The van der Waals surface area contributed by atoms with Crippen LogP contribution in [-0.2, 0) is 0 Å². The molecule has 4 aromatic rings. The summed E-state index contributed by atoms with van der Waals surface area (Å²) < 4.78 is 0. The number of thiophene rings is 1. The number of nitrogen functional groups attached to an aromatic ring is 1. The third-order valence-corrected chi connectivity index (χ3v) is 6.27.